The molecule has 9 heteroatoms. The molecule has 2 aliphatic rings. The molecule has 0 bridgehead atoms. The van der Waals surface area contributed by atoms with Crippen LogP contribution in [0, 0.1) is 16.0 Å². The van der Waals surface area contributed by atoms with Crippen LogP contribution in [0.15, 0.2) is 23.1 Å². The predicted molar refractivity (Wildman–Crippen MR) is 105 cm³/mol. The second-order valence-corrected chi connectivity index (χ2v) is 9.35. The van der Waals surface area contributed by atoms with Crippen LogP contribution in [-0.2, 0) is 10.0 Å². The number of nitrogens with zero attached hydrogens (tertiary/aromatic N) is 4. The molecule has 0 saturated carbocycles. The Morgan fingerprint density at radius 3 is 2.30 bits per heavy atom. The van der Waals surface area contributed by atoms with Crippen molar-refractivity contribution in [3.8, 4) is 0 Å². The predicted octanol–water partition coefficient (Wildman–Crippen LogP) is 2.16. The van der Waals surface area contributed by atoms with Crippen LogP contribution in [0.5, 0.6) is 0 Å². The molecule has 0 atom stereocenters. The molecule has 0 amide bonds. The molecular weight excluding hydrogens is 368 g/mol. The van der Waals surface area contributed by atoms with Crippen LogP contribution in [0.3, 0.4) is 0 Å². The van der Waals surface area contributed by atoms with Crippen LogP contribution < -0.4 is 4.90 Å². The molecule has 2 heterocycles. The summed E-state index contributed by atoms with van der Waals surface area (Å²) < 4.78 is 27.3. The van der Waals surface area contributed by atoms with E-state index in [1.165, 1.54) is 16.4 Å². The van der Waals surface area contributed by atoms with E-state index in [0.717, 1.165) is 32.5 Å². The highest BCUT2D eigenvalue weighted by Gasteiger charge is 2.31. The van der Waals surface area contributed by atoms with E-state index in [9.17, 15) is 18.5 Å². The fourth-order valence-corrected chi connectivity index (χ4v) is 5.25. The van der Waals surface area contributed by atoms with Crippen LogP contribution in [0.2, 0.25) is 0 Å². The number of sulfonamides is 1. The van der Waals surface area contributed by atoms with Crippen molar-refractivity contribution in [2.45, 2.75) is 31.6 Å². The van der Waals surface area contributed by atoms with Gasteiger partial charge >= 0.3 is 0 Å². The van der Waals surface area contributed by atoms with E-state index in [0.29, 0.717) is 37.8 Å². The van der Waals surface area contributed by atoms with Crippen molar-refractivity contribution in [2.75, 3.05) is 50.7 Å². The summed E-state index contributed by atoms with van der Waals surface area (Å²) >= 11 is 0. The summed E-state index contributed by atoms with van der Waals surface area (Å²) in [7, 11) is -3.70. The van der Waals surface area contributed by atoms with Gasteiger partial charge in [0, 0.05) is 45.3 Å². The van der Waals surface area contributed by atoms with Crippen molar-refractivity contribution < 1.29 is 13.3 Å². The average Bonchev–Trinajstić information content (AvgIpc) is 2.68. The quantitative estimate of drug-likeness (QED) is 0.560. The van der Waals surface area contributed by atoms with Crippen molar-refractivity contribution in [1.82, 2.24) is 9.21 Å². The normalized spacial score (nSPS) is 20.7. The second-order valence-electron chi connectivity index (χ2n) is 7.42. The Morgan fingerprint density at radius 2 is 1.74 bits per heavy atom. The van der Waals surface area contributed by atoms with E-state index in [-0.39, 0.29) is 10.6 Å². The third-order valence-corrected chi connectivity index (χ3v) is 7.58. The lowest BCUT2D eigenvalue weighted by Crippen LogP contribution is -2.46. The zero-order valence-corrected chi connectivity index (χ0v) is 16.8. The summed E-state index contributed by atoms with van der Waals surface area (Å²) in [5.74, 6) is 0.509. The molecule has 2 fully saturated rings. The number of piperidine rings is 1. The van der Waals surface area contributed by atoms with Gasteiger partial charge in [0.1, 0.15) is 5.69 Å². The highest BCUT2D eigenvalue weighted by Crippen LogP contribution is 2.33. The number of hydrogen-bond acceptors (Lipinski definition) is 6. The third-order valence-electron chi connectivity index (χ3n) is 5.68. The van der Waals surface area contributed by atoms with E-state index >= 15 is 0 Å². The van der Waals surface area contributed by atoms with Gasteiger partial charge in [-0.25, -0.2) is 8.42 Å². The molecule has 2 aliphatic heterocycles. The van der Waals surface area contributed by atoms with Gasteiger partial charge in [-0.3, -0.25) is 10.1 Å². The fourth-order valence-electron chi connectivity index (χ4n) is 3.76. The van der Waals surface area contributed by atoms with Crippen LogP contribution in [0.1, 0.15) is 26.7 Å². The lowest BCUT2D eigenvalue weighted by atomic mass is 10.0. The molecule has 1 aromatic rings. The summed E-state index contributed by atoms with van der Waals surface area (Å²) in [5, 5.41) is 11.6. The average molecular weight is 397 g/mol. The lowest BCUT2D eigenvalue weighted by molar-refractivity contribution is -0.384. The smallest absolute Gasteiger partial charge is 0.293 e. The van der Waals surface area contributed by atoms with Gasteiger partial charge in [-0.05, 0) is 37.4 Å². The van der Waals surface area contributed by atoms with Gasteiger partial charge in [0.15, 0.2) is 0 Å². The first kappa shape index (κ1) is 20.0. The number of nitro benzene ring substituents is 1. The Morgan fingerprint density at radius 1 is 1.11 bits per heavy atom. The summed E-state index contributed by atoms with van der Waals surface area (Å²) in [6.07, 6.45) is 1.64. The summed E-state index contributed by atoms with van der Waals surface area (Å²) in [4.78, 5) is 15.4. The van der Waals surface area contributed by atoms with Gasteiger partial charge in [-0.2, -0.15) is 4.31 Å². The second kappa shape index (κ2) is 8.12. The topological polar surface area (TPSA) is 87.0 Å². The number of nitro groups is 1. The Labute approximate surface area is 160 Å². The third kappa shape index (κ3) is 4.25. The summed E-state index contributed by atoms with van der Waals surface area (Å²) in [6.45, 7) is 9.20. The molecular formula is C18H28N4O4S. The Kier molecular flexibility index (Phi) is 6.02. The first-order valence-corrected chi connectivity index (χ1v) is 11.0. The Bertz CT molecular complexity index is 783. The first-order chi connectivity index (χ1) is 12.8. The van der Waals surface area contributed by atoms with E-state index in [2.05, 4.69) is 18.7 Å². The zero-order chi connectivity index (χ0) is 19.6. The van der Waals surface area contributed by atoms with E-state index in [4.69, 9.17) is 0 Å². The monoisotopic (exact) mass is 396 g/mol. The molecule has 8 nitrogen and oxygen atoms in total. The Hall–Kier alpha value is -1.71. The maximum absolute atomic E-state index is 12.9. The van der Waals surface area contributed by atoms with Gasteiger partial charge in [0.2, 0.25) is 10.0 Å². The molecule has 27 heavy (non-hydrogen) atoms. The summed E-state index contributed by atoms with van der Waals surface area (Å²) in [6, 6.07) is 4.34. The molecule has 0 aromatic heterocycles. The van der Waals surface area contributed by atoms with Crippen LogP contribution >= 0.6 is 0 Å². The van der Waals surface area contributed by atoms with Crippen molar-refractivity contribution in [2.24, 2.45) is 5.92 Å². The highest BCUT2D eigenvalue weighted by atomic mass is 32.2. The standard InChI is InChI=1S/C18H28N4O4S/c1-3-19-10-12-20(13-11-19)17-5-4-16(14-18(17)22(23)24)27(25,26)21-8-6-15(2)7-9-21/h4-5,14-15H,3,6-13H2,1-2H3. The molecule has 0 N–H and O–H groups in total. The van der Waals surface area contributed by atoms with Crippen molar-refractivity contribution >= 4 is 21.4 Å². The maximum atomic E-state index is 12.9. The molecule has 3 rings (SSSR count). The largest absolute Gasteiger partial charge is 0.363 e. The number of piperazine rings is 1. The van der Waals surface area contributed by atoms with Crippen molar-refractivity contribution in [1.29, 1.82) is 0 Å². The first-order valence-electron chi connectivity index (χ1n) is 9.58. The zero-order valence-electron chi connectivity index (χ0n) is 16.0. The minimum absolute atomic E-state index is 0.0136. The molecule has 0 spiro atoms. The van der Waals surface area contributed by atoms with Gasteiger partial charge in [-0.15, -0.1) is 0 Å². The highest BCUT2D eigenvalue weighted by molar-refractivity contribution is 7.89. The maximum Gasteiger partial charge on any atom is 0.293 e. The lowest BCUT2D eigenvalue weighted by Gasteiger charge is -2.35. The van der Waals surface area contributed by atoms with E-state index in [1.54, 1.807) is 6.07 Å². The SMILES string of the molecule is CCN1CCN(c2ccc(S(=O)(=O)N3CCC(C)CC3)cc2[N+](=O)[O-])CC1. The van der Waals surface area contributed by atoms with Crippen molar-refractivity contribution in [3.63, 3.8) is 0 Å². The molecule has 1 aromatic carbocycles. The van der Waals surface area contributed by atoms with Gasteiger partial charge in [0.25, 0.3) is 5.69 Å². The number of hydrogen-bond donors (Lipinski definition) is 0. The van der Waals surface area contributed by atoms with Gasteiger partial charge < -0.3 is 9.80 Å². The van der Waals surface area contributed by atoms with Crippen LogP contribution in [0.4, 0.5) is 11.4 Å². The van der Waals surface area contributed by atoms with E-state index in [1.807, 2.05) is 4.90 Å². The van der Waals surface area contributed by atoms with E-state index < -0.39 is 14.9 Å². The minimum atomic E-state index is -3.70. The summed E-state index contributed by atoms with van der Waals surface area (Å²) in [5.41, 5.74) is 0.369. The molecule has 0 unspecified atom stereocenters. The van der Waals surface area contributed by atoms with Gasteiger partial charge in [-0.1, -0.05) is 13.8 Å². The number of rotatable bonds is 5. The van der Waals surface area contributed by atoms with Crippen LogP contribution in [0.25, 0.3) is 0 Å². The molecule has 0 radical (unpaired) electrons. The Balaban J connectivity index is 1.86. The molecule has 150 valence electrons. The number of benzene rings is 1. The van der Waals surface area contributed by atoms with Crippen molar-refractivity contribution in [3.05, 3.63) is 28.3 Å². The van der Waals surface area contributed by atoms with Crippen LogP contribution in [-0.4, -0.2) is 68.4 Å². The molecule has 0 aliphatic carbocycles. The number of likely N-dealkylation sites (N-methyl/N-ethyl adjacent to an activating group) is 1. The van der Waals surface area contributed by atoms with Gasteiger partial charge in [0.05, 0.1) is 9.82 Å². The molecule has 2 saturated heterocycles. The minimum Gasteiger partial charge on any atom is -0.363 e. The fraction of sp³-hybridized carbons (Fsp3) is 0.667. The number of anilines is 1.